The van der Waals surface area contributed by atoms with E-state index in [1.54, 1.807) is 39.8 Å². The highest BCUT2D eigenvalue weighted by molar-refractivity contribution is 6.17. The number of carbonyl (C=O) groups excluding carboxylic acids is 2. The Kier molecular flexibility index (Phi) is 5.67. The summed E-state index contributed by atoms with van der Waals surface area (Å²) in [5.41, 5.74) is 0.108. The van der Waals surface area contributed by atoms with E-state index < -0.39 is 5.97 Å². The quantitative estimate of drug-likeness (QED) is 0.298. The maximum absolute atomic E-state index is 11.7. The maximum atomic E-state index is 11.7. The van der Waals surface area contributed by atoms with Gasteiger partial charge in [0.15, 0.2) is 5.78 Å². The molecule has 0 amide bonds. The van der Waals surface area contributed by atoms with Crippen LogP contribution in [0.25, 0.3) is 0 Å². The average Bonchev–Trinajstić information content (AvgIpc) is 2.13. The molecule has 15 heavy (non-hydrogen) atoms. The lowest BCUT2D eigenvalue weighted by Gasteiger charge is -2.11. The molecule has 0 fully saturated rings. The van der Waals surface area contributed by atoms with Crippen molar-refractivity contribution in [3.05, 3.63) is 11.8 Å². The Morgan fingerprint density at radius 1 is 1.33 bits per heavy atom. The van der Waals surface area contributed by atoms with Crippen molar-refractivity contribution in [1.82, 2.24) is 4.90 Å². The van der Waals surface area contributed by atoms with Gasteiger partial charge >= 0.3 is 5.97 Å². The number of ether oxygens (including phenoxy) is 1. The molecule has 0 atom stereocenters. The van der Waals surface area contributed by atoms with Gasteiger partial charge in [-0.1, -0.05) is 13.8 Å². The van der Waals surface area contributed by atoms with Gasteiger partial charge in [0.1, 0.15) is 5.57 Å². The largest absolute Gasteiger partial charge is 0.462 e. The smallest absolute Gasteiger partial charge is 0.343 e. The minimum atomic E-state index is -0.551. The lowest BCUT2D eigenvalue weighted by Crippen LogP contribution is -2.22. The molecule has 0 heterocycles. The Balaban J connectivity index is 4.90. The molecule has 0 spiro atoms. The molecule has 0 radical (unpaired) electrons. The van der Waals surface area contributed by atoms with Gasteiger partial charge in [-0.3, -0.25) is 4.79 Å². The van der Waals surface area contributed by atoms with Crippen molar-refractivity contribution in [3.63, 3.8) is 0 Å². The zero-order valence-electron chi connectivity index (χ0n) is 10.0. The molecule has 0 unspecified atom stereocenters. The van der Waals surface area contributed by atoms with Gasteiger partial charge in [-0.25, -0.2) is 4.79 Å². The SMILES string of the molecule is CCOC(=O)/C(=C/N(C)C)C(=O)C(C)C. The first-order valence-electron chi connectivity index (χ1n) is 4.99. The number of Topliss-reactive ketones (excluding diaryl/α,β-unsaturated/α-hetero) is 1. The zero-order valence-corrected chi connectivity index (χ0v) is 10.0. The summed E-state index contributed by atoms with van der Waals surface area (Å²) in [7, 11) is 3.51. The Hall–Kier alpha value is -1.32. The number of ketones is 1. The van der Waals surface area contributed by atoms with E-state index in [-0.39, 0.29) is 23.9 Å². The van der Waals surface area contributed by atoms with Gasteiger partial charge in [-0.05, 0) is 6.92 Å². The highest BCUT2D eigenvalue weighted by atomic mass is 16.5. The van der Waals surface area contributed by atoms with Crippen LogP contribution in [0.5, 0.6) is 0 Å². The Morgan fingerprint density at radius 3 is 2.20 bits per heavy atom. The van der Waals surface area contributed by atoms with Gasteiger partial charge in [0.2, 0.25) is 0 Å². The maximum Gasteiger partial charge on any atom is 0.343 e. The Labute approximate surface area is 90.9 Å². The number of nitrogens with zero attached hydrogens (tertiary/aromatic N) is 1. The first-order valence-corrected chi connectivity index (χ1v) is 4.99. The average molecular weight is 213 g/mol. The van der Waals surface area contributed by atoms with Gasteiger partial charge in [0.25, 0.3) is 0 Å². The van der Waals surface area contributed by atoms with E-state index in [4.69, 9.17) is 4.74 Å². The van der Waals surface area contributed by atoms with E-state index >= 15 is 0 Å². The van der Waals surface area contributed by atoms with Crippen LogP contribution in [0.3, 0.4) is 0 Å². The van der Waals surface area contributed by atoms with Crippen molar-refractivity contribution in [2.24, 2.45) is 5.92 Å². The summed E-state index contributed by atoms with van der Waals surface area (Å²) >= 11 is 0. The Morgan fingerprint density at radius 2 is 1.87 bits per heavy atom. The predicted octanol–water partition coefficient (Wildman–Crippen LogP) is 1.22. The molecule has 0 rings (SSSR count). The third-order valence-corrected chi connectivity index (χ3v) is 1.67. The van der Waals surface area contributed by atoms with Crippen LogP contribution in [-0.2, 0) is 14.3 Å². The third kappa shape index (κ3) is 4.63. The molecule has 0 aliphatic carbocycles. The highest BCUT2D eigenvalue weighted by Gasteiger charge is 2.22. The molecule has 0 aromatic rings. The van der Waals surface area contributed by atoms with E-state index in [1.807, 2.05) is 0 Å². The lowest BCUT2D eigenvalue weighted by molar-refractivity contribution is -0.140. The highest BCUT2D eigenvalue weighted by Crippen LogP contribution is 2.08. The van der Waals surface area contributed by atoms with Crippen LogP contribution < -0.4 is 0 Å². The fourth-order valence-electron chi connectivity index (χ4n) is 0.995. The van der Waals surface area contributed by atoms with Crippen molar-refractivity contribution in [2.75, 3.05) is 20.7 Å². The lowest BCUT2D eigenvalue weighted by atomic mass is 10.0. The molecular weight excluding hydrogens is 194 g/mol. The van der Waals surface area contributed by atoms with E-state index in [0.717, 1.165) is 0 Å². The minimum Gasteiger partial charge on any atom is -0.462 e. The molecular formula is C11H19NO3. The van der Waals surface area contributed by atoms with Gasteiger partial charge in [-0.2, -0.15) is 0 Å². The summed E-state index contributed by atoms with van der Waals surface area (Å²) in [6.45, 7) is 5.50. The molecule has 4 nitrogen and oxygen atoms in total. The number of hydrogen-bond donors (Lipinski definition) is 0. The van der Waals surface area contributed by atoms with Crippen LogP contribution in [0.2, 0.25) is 0 Å². The fraction of sp³-hybridized carbons (Fsp3) is 0.636. The van der Waals surface area contributed by atoms with E-state index in [0.29, 0.717) is 0 Å². The Bertz CT molecular complexity index is 267. The summed E-state index contributed by atoms with van der Waals surface area (Å²) in [4.78, 5) is 24.8. The molecule has 0 aliphatic heterocycles. The molecule has 86 valence electrons. The van der Waals surface area contributed by atoms with Crippen LogP contribution in [-0.4, -0.2) is 37.4 Å². The molecule has 0 aromatic carbocycles. The molecule has 0 aromatic heterocycles. The molecule has 0 saturated heterocycles. The van der Waals surface area contributed by atoms with Gasteiger partial charge in [0.05, 0.1) is 6.61 Å². The van der Waals surface area contributed by atoms with Crippen LogP contribution in [0.15, 0.2) is 11.8 Å². The molecule has 4 heteroatoms. The molecule has 0 aliphatic rings. The fourth-order valence-corrected chi connectivity index (χ4v) is 0.995. The second-order valence-corrected chi connectivity index (χ2v) is 3.75. The zero-order chi connectivity index (χ0) is 12.0. The van der Waals surface area contributed by atoms with Crippen LogP contribution in [0.1, 0.15) is 20.8 Å². The van der Waals surface area contributed by atoms with Crippen molar-refractivity contribution in [2.45, 2.75) is 20.8 Å². The van der Waals surface area contributed by atoms with Crippen molar-refractivity contribution in [3.8, 4) is 0 Å². The standard InChI is InChI=1S/C11H19NO3/c1-6-15-11(14)9(7-12(4)5)10(13)8(2)3/h7-8H,6H2,1-5H3/b9-7+. The number of hydrogen-bond acceptors (Lipinski definition) is 4. The van der Waals surface area contributed by atoms with Gasteiger partial charge in [0, 0.05) is 26.2 Å². The number of rotatable bonds is 5. The predicted molar refractivity (Wildman–Crippen MR) is 58.2 cm³/mol. The van der Waals surface area contributed by atoms with Crippen molar-refractivity contribution >= 4 is 11.8 Å². The van der Waals surface area contributed by atoms with E-state index in [1.165, 1.54) is 6.20 Å². The summed E-state index contributed by atoms with van der Waals surface area (Å²) in [6.07, 6.45) is 1.50. The van der Waals surface area contributed by atoms with Gasteiger partial charge in [-0.15, -0.1) is 0 Å². The summed E-state index contributed by atoms with van der Waals surface area (Å²) in [5, 5.41) is 0. The molecule has 0 bridgehead atoms. The van der Waals surface area contributed by atoms with E-state index in [2.05, 4.69) is 0 Å². The summed E-state index contributed by atoms with van der Waals surface area (Å²) < 4.78 is 4.82. The summed E-state index contributed by atoms with van der Waals surface area (Å²) in [5.74, 6) is -0.951. The third-order valence-electron chi connectivity index (χ3n) is 1.67. The molecule has 0 N–H and O–H groups in total. The second-order valence-electron chi connectivity index (χ2n) is 3.75. The van der Waals surface area contributed by atoms with Crippen LogP contribution in [0, 0.1) is 5.92 Å². The summed E-state index contributed by atoms with van der Waals surface area (Å²) in [6, 6.07) is 0. The first kappa shape index (κ1) is 13.7. The topological polar surface area (TPSA) is 46.6 Å². The normalized spacial score (nSPS) is 11.5. The van der Waals surface area contributed by atoms with Crippen LogP contribution in [0.4, 0.5) is 0 Å². The van der Waals surface area contributed by atoms with Gasteiger partial charge < -0.3 is 9.64 Å². The van der Waals surface area contributed by atoms with Crippen molar-refractivity contribution in [1.29, 1.82) is 0 Å². The molecule has 0 saturated carbocycles. The number of carbonyl (C=O) groups is 2. The first-order chi connectivity index (χ1) is 6.90. The minimum absolute atomic E-state index is 0.108. The second kappa shape index (κ2) is 6.22. The monoisotopic (exact) mass is 213 g/mol. The van der Waals surface area contributed by atoms with E-state index in [9.17, 15) is 9.59 Å². The van der Waals surface area contributed by atoms with Crippen molar-refractivity contribution < 1.29 is 14.3 Å². The number of esters is 1. The van der Waals surface area contributed by atoms with Crippen LogP contribution >= 0.6 is 0 Å².